The molecule has 0 aliphatic heterocycles. The third-order valence-electron chi connectivity index (χ3n) is 3.48. The van der Waals surface area contributed by atoms with Crippen molar-refractivity contribution in [2.24, 2.45) is 0 Å². The van der Waals surface area contributed by atoms with Gasteiger partial charge in [-0.05, 0) is 12.8 Å². The molecule has 0 aromatic heterocycles. The van der Waals surface area contributed by atoms with Crippen LogP contribution in [0.1, 0.15) is 58.8 Å². The molecule has 1 unspecified atom stereocenters. The van der Waals surface area contributed by atoms with Crippen molar-refractivity contribution in [3.05, 3.63) is 30.3 Å². The van der Waals surface area contributed by atoms with Gasteiger partial charge in [0.25, 0.3) is 0 Å². The molecule has 0 saturated heterocycles. The second-order valence-electron chi connectivity index (χ2n) is 5.41. The zero-order valence-corrected chi connectivity index (χ0v) is 14.5. The van der Waals surface area contributed by atoms with Crippen molar-refractivity contribution in [3.63, 3.8) is 0 Å². The summed E-state index contributed by atoms with van der Waals surface area (Å²) in [4.78, 5) is 10.8. The van der Waals surface area contributed by atoms with Gasteiger partial charge in [0.05, 0.1) is 0 Å². The van der Waals surface area contributed by atoms with E-state index in [9.17, 15) is 4.80 Å². The minimum absolute atomic E-state index is 0.570. The van der Waals surface area contributed by atoms with Gasteiger partial charge < -0.3 is 13.6 Å². The van der Waals surface area contributed by atoms with Crippen LogP contribution in [0.15, 0.2) is 30.3 Å². The Morgan fingerprint density at radius 1 is 0.810 bits per heavy atom. The lowest BCUT2D eigenvalue weighted by atomic mass is 10.2. The maximum atomic E-state index is 10.8. The highest BCUT2D eigenvalue weighted by atomic mass is 28.4. The van der Waals surface area contributed by atoms with E-state index in [1.807, 2.05) is 30.3 Å². The van der Waals surface area contributed by atoms with Crippen LogP contribution in [0.4, 0.5) is 0 Å². The minimum Gasteiger partial charge on any atom is -0.386 e. The van der Waals surface area contributed by atoms with Crippen LogP contribution >= 0.6 is 0 Å². The fourth-order valence-electron chi connectivity index (χ4n) is 2.16. The number of rotatable bonds is 12. The Morgan fingerprint density at radius 3 is 1.90 bits per heavy atom. The molecule has 0 radical (unpaired) electrons. The van der Waals surface area contributed by atoms with Crippen LogP contribution in [0.2, 0.25) is 0 Å². The second-order valence-corrected chi connectivity index (χ2v) is 7.73. The zero-order chi connectivity index (χ0) is 15.4. The van der Waals surface area contributed by atoms with Gasteiger partial charge in [-0.1, -0.05) is 76.3 Å². The van der Waals surface area contributed by atoms with Crippen LogP contribution in [0.25, 0.3) is 0 Å². The molecule has 0 aliphatic rings. The first-order valence-electron chi connectivity index (χ1n) is 8.28. The predicted molar refractivity (Wildman–Crippen MR) is 89.6 cm³/mol. The summed E-state index contributed by atoms with van der Waals surface area (Å²) >= 11 is 0. The first-order chi connectivity index (χ1) is 10.2. The standard InChI is InChI=1S/C17H30O3Si/c1-3-5-7-12-16-20-21(18,19-15-11-6-4-2)17-13-9-8-10-14-17/h8-10,13-14,18H,3-7,11-12,15-16H2,1-2H3. The molecule has 0 aliphatic carbocycles. The Kier molecular flexibility index (Phi) is 9.59. The van der Waals surface area contributed by atoms with E-state index in [-0.39, 0.29) is 0 Å². The van der Waals surface area contributed by atoms with Gasteiger partial charge in [-0.15, -0.1) is 0 Å². The molecule has 1 aromatic carbocycles. The summed E-state index contributed by atoms with van der Waals surface area (Å²) in [5.74, 6) is 0. The molecule has 0 heterocycles. The summed E-state index contributed by atoms with van der Waals surface area (Å²) in [5, 5.41) is 0.803. The Labute approximate surface area is 130 Å². The summed E-state index contributed by atoms with van der Waals surface area (Å²) < 4.78 is 11.6. The maximum absolute atomic E-state index is 10.8. The van der Waals surface area contributed by atoms with Gasteiger partial charge in [-0.2, -0.15) is 0 Å². The van der Waals surface area contributed by atoms with Crippen molar-refractivity contribution in [1.29, 1.82) is 0 Å². The number of hydrogen-bond acceptors (Lipinski definition) is 3. The van der Waals surface area contributed by atoms with E-state index >= 15 is 0 Å². The van der Waals surface area contributed by atoms with Crippen molar-refractivity contribution in [2.45, 2.75) is 58.8 Å². The van der Waals surface area contributed by atoms with Crippen LogP contribution in [0, 0.1) is 0 Å². The fraction of sp³-hybridized carbons (Fsp3) is 0.647. The summed E-state index contributed by atoms with van der Waals surface area (Å²) in [5.41, 5.74) is 0. The van der Waals surface area contributed by atoms with Crippen molar-refractivity contribution in [1.82, 2.24) is 0 Å². The molecule has 1 N–H and O–H groups in total. The van der Waals surface area contributed by atoms with Crippen LogP contribution in [-0.4, -0.2) is 26.8 Å². The molecule has 0 amide bonds. The van der Waals surface area contributed by atoms with Crippen LogP contribution in [0.3, 0.4) is 0 Å². The number of benzene rings is 1. The lowest BCUT2D eigenvalue weighted by molar-refractivity contribution is 0.108. The van der Waals surface area contributed by atoms with Gasteiger partial charge in [0.1, 0.15) is 0 Å². The predicted octanol–water partition coefficient (Wildman–Crippen LogP) is 3.63. The summed E-state index contributed by atoms with van der Waals surface area (Å²) in [6.07, 6.45) is 7.78. The number of unbranched alkanes of at least 4 members (excludes halogenated alkanes) is 5. The van der Waals surface area contributed by atoms with Crippen molar-refractivity contribution in [2.75, 3.05) is 13.2 Å². The van der Waals surface area contributed by atoms with Gasteiger partial charge >= 0.3 is 8.80 Å². The van der Waals surface area contributed by atoms with Crippen LogP contribution in [-0.2, 0) is 8.85 Å². The van der Waals surface area contributed by atoms with Gasteiger partial charge in [-0.3, -0.25) is 0 Å². The fourth-order valence-corrected chi connectivity index (χ4v) is 4.03. The van der Waals surface area contributed by atoms with Crippen LogP contribution in [0.5, 0.6) is 0 Å². The first-order valence-corrected chi connectivity index (χ1v) is 10.0. The Balaban J connectivity index is 2.52. The zero-order valence-electron chi connectivity index (χ0n) is 13.5. The van der Waals surface area contributed by atoms with E-state index in [4.69, 9.17) is 8.85 Å². The normalized spacial score (nSPS) is 14.0. The van der Waals surface area contributed by atoms with Crippen LogP contribution < -0.4 is 5.19 Å². The Hall–Kier alpha value is -0.683. The van der Waals surface area contributed by atoms with Crippen molar-refractivity contribution in [3.8, 4) is 0 Å². The topological polar surface area (TPSA) is 38.7 Å². The monoisotopic (exact) mass is 310 g/mol. The average Bonchev–Trinajstić information content (AvgIpc) is 2.52. The quantitative estimate of drug-likeness (QED) is 0.473. The van der Waals surface area contributed by atoms with Gasteiger partial charge in [-0.25, -0.2) is 0 Å². The van der Waals surface area contributed by atoms with Crippen molar-refractivity contribution >= 4 is 14.0 Å². The largest absolute Gasteiger partial charge is 0.534 e. The lowest BCUT2D eigenvalue weighted by Gasteiger charge is -2.24. The molecular weight excluding hydrogens is 280 g/mol. The molecule has 0 spiro atoms. The summed E-state index contributed by atoms with van der Waals surface area (Å²) in [6.45, 7) is 5.49. The molecule has 3 nitrogen and oxygen atoms in total. The van der Waals surface area contributed by atoms with Gasteiger partial charge in [0, 0.05) is 18.4 Å². The van der Waals surface area contributed by atoms with E-state index in [1.54, 1.807) is 0 Å². The lowest BCUT2D eigenvalue weighted by Crippen LogP contribution is -2.54. The highest BCUT2D eigenvalue weighted by Crippen LogP contribution is 2.09. The Bertz CT molecular complexity index is 358. The SMILES string of the molecule is CCCCCCO[Si](O)(OCCCCC)c1ccccc1. The smallest absolute Gasteiger partial charge is 0.386 e. The van der Waals surface area contributed by atoms with Gasteiger partial charge in [0.2, 0.25) is 0 Å². The third kappa shape index (κ3) is 7.22. The van der Waals surface area contributed by atoms with E-state index in [1.165, 1.54) is 12.8 Å². The van der Waals surface area contributed by atoms with E-state index in [2.05, 4.69) is 13.8 Å². The van der Waals surface area contributed by atoms with Crippen molar-refractivity contribution < 1.29 is 13.6 Å². The molecular formula is C17H30O3Si. The number of hydrogen-bond donors (Lipinski definition) is 1. The minimum atomic E-state index is -3.24. The molecule has 1 atom stereocenters. The molecule has 1 aromatic rings. The highest BCUT2D eigenvalue weighted by Gasteiger charge is 2.39. The molecule has 120 valence electrons. The van der Waals surface area contributed by atoms with E-state index < -0.39 is 8.80 Å². The summed E-state index contributed by atoms with van der Waals surface area (Å²) in [7, 11) is -3.24. The molecule has 0 bridgehead atoms. The van der Waals surface area contributed by atoms with Gasteiger partial charge in [0.15, 0.2) is 0 Å². The molecule has 4 heteroatoms. The average molecular weight is 311 g/mol. The molecule has 0 saturated carbocycles. The first kappa shape index (κ1) is 18.4. The molecule has 21 heavy (non-hydrogen) atoms. The molecule has 1 rings (SSSR count). The second kappa shape index (κ2) is 11.0. The summed E-state index contributed by atoms with van der Waals surface area (Å²) in [6, 6.07) is 9.58. The molecule has 0 fully saturated rings. The van der Waals surface area contributed by atoms with E-state index in [0.717, 1.165) is 37.3 Å². The highest BCUT2D eigenvalue weighted by molar-refractivity contribution is 6.74. The van der Waals surface area contributed by atoms with E-state index in [0.29, 0.717) is 13.2 Å². The maximum Gasteiger partial charge on any atom is 0.534 e. The third-order valence-corrected chi connectivity index (χ3v) is 5.73. The Morgan fingerprint density at radius 2 is 1.33 bits per heavy atom.